The number of allylic oxidation sites excluding steroid dienone is 4. The lowest BCUT2D eigenvalue weighted by Crippen LogP contribution is -2.19. The highest BCUT2D eigenvalue weighted by Gasteiger charge is 2.21. The van der Waals surface area contributed by atoms with Gasteiger partial charge in [0, 0.05) is 23.0 Å². The molecule has 0 fully saturated rings. The normalized spacial score (nSPS) is 18.6. The third kappa shape index (κ3) is 7.56. The van der Waals surface area contributed by atoms with Gasteiger partial charge in [0.05, 0.1) is 12.2 Å². The van der Waals surface area contributed by atoms with Gasteiger partial charge in [-0.1, -0.05) is 60.0 Å². The molecule has 0 aromatic heterocycles. The minimum atomic E-state index is -0.541. The van der Waals surface area contributed by atoms with Crippen LogP contribution < -0.4 is 4.74 Å². The molecule has 0 bridgehead atoms. The summed E-state index contributed by atoms with van der Waals surface area (Å²) in [7, 11) is 2.09. The van der Waals surface area contributed by atoms with E-state index in [2.05, 4.69) is 34.5 Å². The minimum Gasteiger partial charge on any atom is -0.493 e. The first-order chi connectivity index (χ1) is 13.9. The highest BCUT2D eigenvalue weighted by atomic mass is 79.9. The molecule has 0 N–H and O–H groups in total. The van der Waals surface area contributed by atoms with Crippen molar-refractivity contribution in [2.75, 3.05) is 26.7 Å². The van der Waals surface area contributed by atoms with Crippen LogP contribution in [0, 0.1) is 11.7 Å². The first-order valence-electron chi connectivity index (χ1n) is 10.2. The molecule has 0 aliphatic heterocycles. The molecule has 1 unspecified atom stereocenters. The Morgan fingerprint density at radius 2 is 2.07 bits per heavy atom. The summed E-state index contributed by atoms with van der Waals surface area (Å²) in [6, 6.07) is 4.49. The maximum atomic E-state index is 14.5. The molecule has 5 heteroatoms. The summed E-state index contributed by atoms with van der Waals surface area (Å²) < 4.78 is 20.1. The fourth-order valence-electron chi connectivity index (χ4n) is 3.22. The van der Waals surface area contributed by atoms with Crippen molar-refractivity contribution >= 4 is 21.7 Å². The predicted octanol–water partition coefficient (Wildman–Crippen LogP) is 5.96. The second-order valence-corrected chi connectivity index (χ2v) is 8.63. The smallest absolute Gasteiger partial charge is 0.195 e. The van der Waals surface area contributed by atoms with Gasteiger partial charge in [0.15, 0.2) is 5.78 Å². The van der Waals surface area contributed by atoms with Crippen LogP contribution in [-0.2, 0) is 0 Å². The molecular weight excluding hydrogens is 433 g/mol. The lowest BCUT2D eigenvalue weighted by atomic mass is 9.93. The zero-order chi connectivity index (χ0) is 21.2. The number of ether oxygens (including phenoxy) is 1. The minimum absolute atomic E-state index is 0.0807. The summed E-state index contributed by atoms with van der Waals surface area (Å²) in [6.07, 6.45) is 11.8. The van der Waals surface area contributed by atoms with E-state index in [1.54, 1.807) is 12.1 Å². The van der Waals surface area contributed by atoms with Crippen molar-refractivity contribution in [2.45, 2.75) is 37.4 Å². The molecule has 1 aliphatic carbocycles. The lowest BCUT2D eigenvalue weighted by molar-refractivity contribution is 0.103. The number of rotatable bonds is 12. The van der Waals surface area contributed by atoms with Gasteiger partial charge in [0.1, 0.15) is 11.6 Å². The van der Waals surface area contributed by atoms with Crippen molar-refractivity contribution in [2.24, 2.45) is 5.92 Å². The number of alkyl halides is 1. The van der Waals surface area contributed by atoms with Crippen molar-refractivity contribution in [3.05, 3.63) is 66.0 Å². The summed E-state index contributed by atoms with van der Waals surface area (Å²) in [5.41, 5.74) is 0.608. The topological polar surface area (TPSA) is 29.5 Å². The maximum Gasteiger partial charge on any atom is 0.195 e. The standard InChI is InChI=1S/C24H31BrFNO2/c1-4-13-27(3)14-7-5-6-8-15-29-20-10-11-21(23(26)17-20)24(28)19-9-12-22(25)18(2)16-19/h4,9-12,16-18,22H,1,5-8,13-15H2,2-3H3/t18-,22?/m1/s1. The number of likely N-dealkylation sites (N-methyl/N-ethyl adjacent to an activating group) is 1. The SMILES string of the molecule is C=CCN(C)CCCCCCOc1ccc(C(=O)C2=C[C@@H](C)C(Br)C=C2)c(F)c1. The fourth-order valence-corrected chi connectivity index (χ4v) is 3.52. The Morgan fingerprint density at radius 3 is 2.76 bits per heavy atom. The van der Waals surface area contributed by atoms with Crippen LogP contribution in [-0.4, -0.2) is 42.3 Å². The highest BCUT2D eigenvalue weighted by Crippen LogP contribution is 2.26. The monoisotopic (exact) mass is 463 g/mol. The van der Waals surface area contributed by atoms with Gasteiger partial charge in [0.25, 0.3) is 0 Å². The van der Waals surface area contributed by atoms with Crippen molar-refractivity contribution in [3.63, 3.8) is 0 Å². The number of unbranched alkanes of at least 4 members (excludes halogenated alkanes) is 3. The van der Waals surface area contributed by atoms with Crippen LogP contribution in [0.3, 0.4) is 0 Å². The van der Waals surface area contributed by atoms with E-state index in [-0.39, 0.29) is 22.1 Å². The van der Waals surface area contributed by atoms with Gasteiger partial charge < -0.3 is 9.64 Å². The van der Waals surface area contributed by atoms with E-state index in [4.69, 9.17) is 4.74 Å². The molecule has 158 valence electrons. The van der Waals surface area contributed by atoms with Gasteiger partial charge in [-0.15, -0.1) is 6.58 Å². The number of nitrogens with zero attached hydrogens (tertiary/aromatic N) is 1. The zero-order valence-electron chi connectivity index (χ0n) is 17.4. The van der Waals surface area contributed by atoms with Crippen LogP contribution in [0.25, 0.3) is 0 Å². The molecule has 1 aromatic carbocycles. The second-order valence-electron chi connectivity index (χ2n) is 7.57. The third-order valence-corrected chi connectivity index (χ3v) is 6.13. The van der Waals surface area contributed by atoms with Gasteiger partial charge in [-0.2, -0.15) is 0 Å². The van der Waals surface area contributed by atoms with Gasteiger partial charge in [-0.3, -0.25) is 4.79 Å². The van der Waals surface area contributed by atoms with Crippen molar-refractivity contribution in [3.8, 4) is 5.75 Å². The Kier molecular flexibility index (Phi) is 9.82. The van der Waals surface area contributed by atoms with Gasteiger partial charge in [-0.05, 0) is 44.5 Å². The molecule has 1 aliphatic rings. The van der Waals surface area contributed by atoms with Crippen LogP contribution in [0.5, 0.6) is 5.75 Å². The van der Waals surface area contributed by atoms with E-state index >= 15 is 0 Å². The molecule has 0 radical (unpaired) electrons. The Hall–Kier alpha value is -1.72. The van der Waals surface area contributed by atoms with E-state index in [0.717, 1.165) is 38.8 Å². The first-order valence-corrected chi connectivity index (χ1v) is 11.1. The molecular formula is C24H31BrFNO2. The molecule has 0 heterocycles. The van der Waals surface area contributed by atoms with E-state index in [1.807, 2.05) is 25.2 Å². The number of carbonyl (C=O) groups is 1. The first kappa shape index (κ1) is 23.6. The van der Waals surface area contributed by atoms with E-state index in [9.17, 15) is 9.18 Å². The zero-order valence-corrected chi connectivity index (χ0v) is 19.0. The summed E-state index contributed by atoms with van der Waals surface area (Å²) in [5, 5.41) is 0. The number of carbonyl (C=O) groups excluding carboxylic acids is 1. The average Bonchev–Trinajstić information content (AvgIpc) is 2.69. The van der Waals surface area contributed by atoms with Crippen LogP contribution in [0.15, 0.2) is 54.7 Å². The third-order valence-electron chi connectivity index (χ3n) is 5.00. The average molecular weight is 464 g/mol. The number of hydrogen-bond donors (Lipinski definition) is 0. The van der Waals surface area contributed by atoms with E-state index < -0.39 is 5.82 Å². The molecule has 0 saturated heterocycles. The number of halogens is 2. The van der Waals surface area contributed by atoms with Gasteiger partial charge in [-0.25, -0.2) is 4.39 Å². The van der Waals surface area contributed by atoms with Gasteiger partial charge in [0.2, 0.25) is 0 Å². The van der Waals surface area contributed by atoms with Crippen molar-refractivity contribution < 1.29 is 13.9 Å². The maximum absolute atomic E-state index is 14.5. The Morgan fingerprint density at radius 1 is 1.31 bits per heavy atom. The molecule has 2 atom stereocenters. The summed E-state index contributed by atoms with van der Waals surface area (Å²) >= 11 is 3.53. The van der Waals surface area contributed by atoms with Crippen LogP contribution in [0.4, 0.5) is 4.39 Å². The predicted molar refractivity (Wildman–Crippen MR) is 121 cm³/mol. The van der Waals surface area contributed by atoms with Crippen LogP contribution in [0.1, 0.15) is 43.0 Å². The van der Waals surface area contributed by atoms with Gasteiger partial charge >= 0.3 is 0 Å². The van der Waals surface area contributed by atoms with E-state index in [1.165, 1.54) is 12.1 Å². The van der Waals surface area contributed by atoms with Crippen LogP contribution >= 0.6 is 15.9 Å². The Balaban J connectivity index is 1.77. The second kappa shape index (κ2) is 12.1. The lowest BCUT2D eigenvalue weighted by Gasteiger charge is -2.17. The number of benzene rings is 1. The fraction of sp³-hybridized carbons (Fsp3) is 0.458. The summed E-state index contributed by atoms with van der Waals surface area (Å²) in [5.74, 6) is -0.183. The molecule has 0 saturated carbocycles. The largest absolute Gasteiger partial charge is 0.493 e. The van der Waals surface area contributed by atoms with Crippen molar-refractivity contribution in [1.82, 2.24) is 4.90 Å². The molecule has 2 rings (SSSR count). The summed E-state index contributed by atoms with van der Waals surface area (Å²) in [6.45, 7) is 8.28. The van der Waals surface area contributed by atoms with E-state index in [0.29, 0.717) is 17.9 Å². The number of hydrogen-bond acceptors (Lipinski definition) is 3. The number of Topliss-reactive ketones (excluding diaryl/α,β-unsaturated/α-hetero) is 1. The Labute approximate surface area is 182 Å². The Bertz CT molecular complexity index is 759. The molecule has 0 amide bonds. The highest BCUT2D eigenvalue weighted by molar-refractivity contribution is 9.09. The number of ketones is 1. The van der Waals surface area contributed by atoms with Crippen LogP contribution in [0.2, 0.25) is 0 Å². The molecule has 1 aromatic rings. The summed E-state index contributed by atoms with van der Waals surface area (Å²) in [4.78, 5) is 15.1. The van der Waals surface area contributed by atoms with Crippen molar-refractivity contribution in [1.29, 1.82) is 0 Å². The molecule has 29 heavy (non-hydrogen) atoms. The molecule has 0 spiro atoms. The molecule has 3 nitrogen and oxygen atoms in total. The quantitative estimate of drug-likeness (QED) is 0.165.